The number of halogens is 4. The molecule has 0 aliphatic heterocycles. The Labute approximate surface area is 123 Å². The first-order valence-corrected chi connectivity index (χ1v) is 0. The third-order valence-corrected chi connectivity index (χ3v) is 0. The van der Waals surface area contributed by atoms with E-state index in [-0.39, 0.29) is 126 Å². The number of rotatable bonds is 0. The van der Waals surface area contributed by atoms with Crippen molar-refractivity contribution in [3.63, 3.8) is 0 Å². The van der Waals surface area contributed by atoms with E-state index in [0.29, 0.717) is 0 Å². The van der Waals surface area contributed by atoms with Crippen molar-refractivity contribution in [1.29, 1.82) is 0 Å². The van der Waals surface area contributed by atoms with Gasteiger partial charge >= 0.3 is 29.6 Å². The molecular weight excluding hydrogens is 423 g/mol. The van der Waals surface area contributed by atoms with Crippen molar-refractivity contribution in [3.8, 4) is 0 Å². The van der Waals surface area contributed by atoms with Gasteiger partial charge in [0.2, 0.25) is 0 Å². The SMILES string of the molecule is F.F.F.F.[Er].[Gd].[NaH]. The van der Waals surface area contributed by atoms with E-state index in [2.05, 4.69) is 0 Å². The normalized spacial score (nSPS) is 0. The summed E-state index contributed by atoms with van der Waals surface area (Å²) in [7, 11) is 0. The van der Waals surface area contributed by atoms with Gasteiger partial charge in [0.15, 0.2) is 0 Å². The van der Waals surface area contributed by atoms with Crippen LogP contribution in [-0.4, -0.2) is 29.6 Å². The van der Waals surface area contributed by atoms with Crippen molar-refractivity contribution >= 4 is 29.6 Å². The Morgan fingerprint density at radius 2 is 0.571 bits per heavy atom. The van der Waals surface area contributed by atoms with Gasteiger partial charge in [0.05, 0.1) is 0 Å². The molecule has 0 atom stereocenters. The van der Waals surface area contributed by atoms with Crippen LogP contribution in [0.4, 0.5) is 18.8 Å². The molecule has 0 aromatic carbocycles. The summed E-state index contributed by atoms with van der Waals surface area (Å²) in [5.74, 6) is 0. The molecule has 0 saturated carbocycles. The van der Waals surface area contributed by atoms with E-state index in [9.17, 15) is 0 Å². The van der Waals surface area contributed by atoms with E-state index in [1.165, 1.54) is 0 Å². The van der Waals surface area contributed by atoms with Gasteiger partial charge in [0, 0.05) is 77.2 Å². The fourth-order valence-corrected chi connectivity index (χ4v) is 0. The van der Waals surface area contributed by atoms with Gasteiger partial charge in [-0.15, -0.1) is 0 Å². The van der Waals surface area contributed by atoms with E-state index in [4.69, 9.17) is 0 Å². The molecule has 0 saturated heterocycles. The molecule has 0 spiro atoms. The van der Waals surface area contributed by atoms with Crippen LogP contribution in [0.15, 0.2) is 0 Å². The Balaban J connectivity index is 0. The van der Waals surface area contributed by atoms with Crippen LogP contribution in [0.5, 0.6) is 0 Å². The van der Waals surface area contributed by atoms with Crippen LogP contribution >= 0.6 is 0 Å². The summed E-state index contributed by atoms with van der Waals surface area (Å²) in [6.07, 6.45) is 0. The van der Waals surface area contributed by atoms with Crippen molar-refractivity contribution in [2.45, 2.75) is 0 Å². The van der Waals surface area contributed by atoms with Crippen LogP contribution in [0.1, 0.15) is 0 Å². The molecule has 54 valence electrons. The van der Waals surface area contributed by atoms with Crippen molar-refractivity contribution < 1.29 is 96.1 Å². The third kappa shape index (κ3) is 45.6. The minimum absolute atomic E-state index is 0. The fourth-order valence-electron chi connectivity index (χ4n) is 0. The number of hydrogen-bond donors (Lipinski definition) is 0. The quantitative estimate of drug-likeness (QED) is 0.375. The Bertz CT molecular complexity index is 11.7. The van der Waals surface area contributed by atoms with Gasteiger partial charge < -0.3 is 0 Å². The molecule has 7 heavy (non-hydrogen) atoms. The summed E-state index contributed by atoms with van der Waals surface area (Å²) in [6, 6.07) is 0. The molecule has 0 aromatic rings. The molecular formula is H5ErF4GdNa. The standard InChI is InChI=1S/Er.4FH.Gd.Na.H/h;4*1H;;;. The van der Waals surface area contributed by atoms with Gasteiger partial charge in [-0.05, 0) is 0 Å². The molecule has 0 unspecified atom stereocenters. The maximum absolute atomic E-state index is 0. The predicted octanol–water partition coefficient (Wildman–Crippen LogP) is -0.0385. The van der Waals surface area contributed by atoms with Crippen LogP contribution in [0.3, 0.4) is 0 Å². The van der Waals surface area contributed by atoms with Gasteiger partial charge in [-0.1, -0.05) is 0 Å². The zero-order chi connectivity index (χ0) is 0. The van der Waals surface area contributed by atoms with Crippen LogP contribution in [0.2, 0.25) is 0 Å². The Morgan fingerprint density at radius 1 is 0.571 bits per heavy atom. The van der Waals surface area contributed by atoms with Crippen LogP contribution in [0.25, 0.3) is 0 Å². The average molecular weight is 429 g/mol. The molecule has 0 rings (SSSR count). The maximum atomic E-state index is 0. The van der Waals surface area contributed by atoms with Gasteiger partial charge in [0.25, 0.3) is 0 Å². The molecule has 0 nitrogen and oxygen atoms in total. The number of hydrogen-bond acceptors (Lipinski definition) is 0. The Kier molecular flexibility index (Phi) is 691. The second kappa shape index (κ2) is 59.0. The summed E-state index contributed by atoms with van der Waals surface area (Å²) in [5, 5.41) is 0. The van der Waals surface area contributed by atoms with E-state index < -0.39 is 0 Å². The zero-order valence-electron chi connectivity index (χ0n) is 2.28. The van der Waals surface area contributed by atoms with Gasteiger partial charge in [-0.2, -0.15) is 0 Å². The minimum atomic E-state index is 0. The summed E-state index contributed by atoms with van der Waals surface area (Å²) < 4.78 is 0. The first-order valence-electron chi connectivity index (χ1n) is 0. The Morgan fingerprint density at radius 3 is 0.571 bits per heavy atom. The Hall–Kier alpha value is 3.29. The zero-order valence-corrected chi connectivity index (χ0v) is 6.40. The predicted molar refractivity (Wildman–Crippen MR) is 17.2 cm³/mol. The van der Waals surface area contributed by atoms with E-state index in [0.717, 1.165) is 0 Å². The van der Waals surface area contributed by atoms with Crippen LogP contribution in [0, 0.1) is 77.2 Å². The van der Waals surface area contributed by atoms with Gasteiger partial charge in [-0.3, -0.25) is 18.8 Å². The third-order valence-electron chi connectivity index (χ3n) is 0. The molecule has 0 aliphatic carbocycles. The fraction of sp³-hybridized carbons (Fsp3) is 0. The van der Waals surface area contributed by atoms with Crippen LogP contribution < -0.4 is 0 Å². The summed E-state index contributed by atoms with van der Waals surface area (Å²) >= 11 is 0. The molecule has 0 fully saturated rings. The topological polar surface area (TPSA) is 0 Å². The first-order chi connectivity index (χ1) is 0. The average Bonchev–Trinajstić information content (AvgIpc) is 0. The monoisotopic (exact) mass is 428 g/mol. The van der Waals surface area contributed by atoms with Crippen LogP contribution in [-0.2, 0) is 0 Å². The van der Waals surface area contributed by atoms with Gasteiger partial charge in [0.1, 0.15) is 0 Å². The molecule has 0 aliphatic rings. The van der Waals surface area contributed by atoms with Crippen molar-refractivity contribution in [3.05, 3.63) is 0 Å². The summed E-state index contributed by atoms with van der Waals surface area (Å²) in [5.41, 5.74) is 0. The first kappa shape index (κ1) is 82.0. The second-order valence-electron chi connectivity index (χ2n) is 0. The molecule has 0 amide bonds. The summed E-state index contributed by atoms with van der Waals surface area (Å²) in [6.45, 7) is 0. The molecule has 0 radical (unpaired) electrons. The molecule has 0 aromatic heterocycles. The van der Waals surface area contributed by atoms with Crippen molar-refractivity contribution in [2.24, 2.45) is 0 Å². The molecule has 7 heteroatoms. The van der Waals surface area contributed by atoms with E-state index in [1.54, 1.807) is 0 Å². The van der Waals surface area contributed by atoms with Crippen molar-refractivity contribution in [2.75, 3.05) is 0 Å². The molecule has 0 heterocycles. The van der Waals surface area contributed by atoms with E-state index >= 15 is 0 Å². The molecule has 0 bridgehead atoms. The molecule has 0 N–H and O–H groups in total. The van der Waals surface area contributed by atoms with Gasteiger partial charge in [-0.25, -0.2) is 0 Å². The second-order valence-corrected chi connectivity index (χ2v) is 0. The summed E-state index contributed by atoms with van der Waals surface area (Å²) in [4.78, 5) is 0. The van der Waals surface area contributed by atoms with Crippen molar-refractivity contribution in [1.82, 2.24) is 0 Å². The van der Waals surface area contributed by atoms with E-state index in [1.807, 2.05) is 0 Å².